The molecule has 1 atom stereocenters. The lowest BCUT2D eigenvalue weighted by Crippen LogP contribution is -2.28. The van der Waals surface area contributed by atoms with Gasteiger partial charge in [-0.15, -0.1) is 0 Å². The molecule has 1 aliphatic carbocycles. The maximum atomic E-state index is 6.49. The maximum Gasteiger partial charge on any atom is 0.143 e. The van der Waals surface area contributed by atoms with Gasteiger partial charge in [0.1, 0.15) is 22.3 Å². The minimum Gasteiger partial charge on any atom is -0.456 e. The van der Waals surface area contributed by atoms with E-state index in [4.69, 9.17) is 8.83 Å². The molecule has 0 saturated heterocycles. The van der Waals surface area contributed by atoms with E-state index in [9.17, 15) is 0 Å². The molecule has 64 heavy (non-hydrogen) atoms. The number of nitrogens with zero attached hydrogens (tertiary/aromatic N) is 1. The van der Waals surface area contributed by atoms with Crippen molar-refractivity contribution in [3.05, 3.63) is 259 Å². The minimum absolute atomic E-state index is 0.617. The quantitative estimate of drug-likeness (QED) is 0.160. The standard InChI is InChI=1S/C61H39NO2/c1-3-14-40(15-4-1)41-26-31-45(32-27-41)62(46-33-28-42(29-34-46)48-21-13-22-53-51-19-8-12-25-58(51)64-60(48)53)47-35-36-50-49-18-7-10-23-55(49)61(56(50)39-47,43-16-5-2-6-17-43)44-30-37-59-54(38-44)52-20-9-11-24-57(52)63-59/h1-39H. The summed E-state index contributed by atoms with van der Waals surface area (Å²) in [6, 6.07) is 85.4. The Bertz CT molecular complexity index is 3710. The molecule has 0 N–H and O–H groups in total. The first-order valence-electron chi connectivity index (χ1n) is 21.9. The van der Waals surface area contributed by atoms with Crippen LogP contribution in [-0.2, 0) is 5.41 Å². The molecule has 0 radical (unpaired) electrons. The summed E-state index contributed by atoms with van der Waals surface area (Å²) in [5.41, 5.74) is 18.1. The van der Waals surface area contributed by atoms with Crippen molar-refractivity contribution < 1.29 is 8.83 Å². The van der Waals surface area contributed by atoms with Crippen LogP contribution >= 0.6 is 0 Å². The molecule has 2 aromatic heterocycles. The molecule has 12 aromatic rings. The second-order valence-electron chi connectivity index (χ2n) is 16.8. The molecule has 13 rings (SSSR count). The third kappa shape index (κ3) is 5.47. The number of para-hydroxylation sites is 3. The summed E-state index contributed by atoms with van der Waals surface area (Å²) in [6.45, 7) is 0. The smallest absolute Gasteiger partial charge is 0.143 e. The van der Waals surface area contributed by atoms with Crippen molar-refractivity contribution in [3.63, 3.8) is 0 Å². The highest BCUT2D eigenvalue weighted by molar-refractivity contribution is 6.10. The molecule has 0 aliphatic heterocycles. The Morgan fingerprint density at radius 2 is 0.844 bits per heavy atom. The average molecular weight is 818 g/mol. The molecule has 1 aliphatic rings. The number of hydrogen-bond acceptors (Lipinski definition) is 3. The summed E-state index contributed by atoms with van der Waals surface area (Å²) in [7, 11) is 0. The van der Waals surface area contributed by atoms with Gasteiger partial charge >= 0.3 is 0 Å². The van der Waals surface area contributed by atoms with Crippen molar-refractivity contribution in [1.82, 2.24) is 0 Å². The van der Waals surface area contributed by atoms with E-state index in [1.165, 1.54) is 44.5 Å². The summed E-state index contributed by atoms with van der Waals surface area (Å²) < 4.78 is 12.9. The van der Waals surface area contributed by atoms with E-state index >= 15 is 0 Å². The topological polar surface area (TPSA) is 29.5 Å². The molecule has 0 saturated carbocycles. The van der Waals surface area contributed by atoms with Crippen LogP contribution in [0.25, 0.3) is 77.3 Å². The molecule has 1 unspecified atom stereocenters. The normalized spacial score (nSPS) is 14.3. The predicted molar refractivity (Wildman–Crippen MR) is 264 cm³/mol. The zero-order valence-corrected chi connectivity index (χ0v) is 34.8. The van der Waals surface area contributed by atoms with Gasteiger partial charge < -0.3 is 13.7 Å². The third-order valence-electron chi connectivity index (χ3n) is 13.4. The van der Waals surface area contributed by atoms with E-state index in [1.54, 1.807) is 0 Å². The van der Waals surface area contributed by atoms with Gasteiger partial charge in [-0.1, -0.05) is 176 Å². The van der Waals surface area contributed by atoms with Crippen LogP contribution < -0.4 is 4.90 Å². The van der Waals surface area contributed by atoms with Gasteiger partial charge in [0.2, 0.25) is 0 Å². The Morgan fingerprint density at radius 3 is 1.61 bits per heavy atom. The number of rotatable bonds is 7. The van der Waals surface area contributed by atoms with Crippen LogP contribution in [0.2, 0.25) is 0 Å². The largest absolute Gasteiger partial charge is 0.456 e. The van der Waals surface area contributed by atoms with Gasteiger partial charge in [0, 0.05) is 44.2 Å². The lowest BCUT2D eigenvalue weighted by Gasteiger charge is -2.35. The molecule has 2 heterocycles. The molecular formula is C61H39NO2. The summed E-state index contributed by atoms with van der Waals surface area (Å²) >= 11 is 0. The first-order valence-corrected chi connectivity index (χ1v) is 21.9. The monoisotopic (exact) mass is 817 g/mol. The summed E-state index contributed by atoms with van der Waals surface area (Å²) in [5, 5.41) is 4.49. The van der Waals surface area contributed by atoms with E-state index < -0.39 is 5.41 Å². The van der Waals surface area contributed by atoms with Gasteiger partial charge in [-0.3, -0.25) is 0 Å². The fraction of sp³-hybridized carbons (Fsp3) is 0.0164. The number of benzene rings is 10. The van der Waals surface area contributed by atoms with E-state index in [0.717, 1.165) is 72.1 Å². The highest BCUT2D eigenvalue weighted by atomic mass is 16.3. The Morgan fingerprint density at radius 1 is 0.297 bits per heavy atom. The van der Waals surface area contributed by atoms with Gasteiger partial charge in [-0.25, -0.2) is 0 Å². The highest BCUT2D eigenvalue weighted by Gasteiger charge is 2.46. The summed E-state index contributed by atoms with van der Waals surface area (Å²) in [5.74, 6) is 0. The Balaban J connectivity index is 1.02. The first kappa shape index (κ1) is 36.3. The van der Waals surface area contributed by atoms with Crippen LogP contribution in [0.3, 0.4) is 0 Å². The molecule has 3 nitrogen and oxygen atoms in total. The lowest BCUT2D eigenvalue weighted by molar-refractivity contribution is 0.668. The van der Waals surface area contributed by atoms with Gasteiger partial charge in [0.05, 0.1) is 5.41 Å². The second kappa shape index (κ2) is 14.3. The molecule has 0 bridgehead atoms. The van der Waals surface area contributed by atoms with E-state index in [2.05, 4.69) is 223 Å². The van der Waals surface area contributed by atoms with Gasteiger partial charge in [-0.05, 0) is 111 Å². The molecule has 0 spiro atoms. The molecule has 300 valence electrons. The summed E-state index contributed by atoms with van der Waals surface area (Å²) in [4.78, 5) is 2.39. The number of hydrogen-bond donors (Lipinski definition) is 0. The van der Waals surface area contributed by atoms with Crippen molar-refractivity contribution in [2.45, 2.75) is 5.41 Å². The number of furan rings is 2. The Kier molecular flexibility index (Phi) is 8.13. The molecule has 10 aromatic carbocycles. The van der Waals surface area contributed by atoms with E-state index in [0.29, 0.717) is 0 Å². The summed E-state index contributed by atoms with van der Waals surface area (Å²) in [6.07, 6.45) is 0. The van der Waals surface area contributed by atoms with Crippen LogP contribution in [0.1, 0.15) is 22.3 Å². The minimum atomic E-state index is -0.617. The van der Waals surface area contributed by atoms with Crippen LogP contribution in [0, 0.1) is 0 Å². The number of anilines is 3. The van der Waals surface area contributed by atoms with Crippen LogP contribution in [0.5, 0.6) is 0 Å². The van der Waals surface area contributed by atoms with Crippen LogP contribution in [-0.4, -0.2) is 0 Å². The maximum absolute atomic E-state index is 6.49. The first-order chi connectivity index (χ1) is 31.7. The lowest BCUT2D eigenvalue weighted by atomic mass is 9.67. The number of fused-ring (bicyclic) bond motifs is 9. The van der Waals surface area contributed by atoms with Gasteiger partial charge in [0.15, 0.2) is 0 Å². The van der Waals surface area contributed by atoms with Gasteiger partial charge in [-0.2, -0.15) is 0 Å². The zero-order valence-electron chi connectivity index (χ0n) is 34.8. The van der Waals surface area contributed by atoms with E-state index in [1.807, 2.05) is 18.2 Å². The Labute approximate surface area is 370 Å². The van der Waals surface area contributed by atoms with Crippen molar-refractivity contribution in [2.24, 2.45) is 0 Å². The average Bonchev–Trinajstić information content (AvgIpc) is 4.03. The highest BCUT2D eigenvalue weighted by Crippen LogP contribution is 2.58. The van der Waals surface area contributed by atoms with Crippen molar-refractivity contribution >= 4 is 60.9 Å². The van der Waals surface area contributed by atoms with Crippen molar-refractivity contribution in [1.29, 1.82) is 0 Å². The fourth-order valence-electron chi connectivity index (χ4n) is 10.5. The second-order valence-corrected chi connectivity index (χ2v) is 16.8. The zero-order chi connectivity index (χ0) is 42.2. The SMILES string of the molecule is c1ccc(-c2ccc(N(c3ccc(-c4cccc5c4oc4ccccc45)cc3)c3ccc4c(c3)C(c3ccccc3)(c3ccc5oc6ccccc6c5c3)c3ccccc3-4)cc2)cc1. The molecule has 0 fully saturated rings. The third-order valence-corrected chi connectivity index (χ3v) is 13.4. The fourth-order valence-corrected chi connectivity index (χ4v) is 10.5. The molecular weight excluding hydrogens is 779 g/mol. The van der Waals surface area contributed by atoms with Crippen molar-refractivity contribution in [2.75, 3.05) is 4.90 Å². The van der Waals surface area contributed by atoms with Crippen LogP contribution in [0.15, 0.2) is 245 Å². The van der Waals surface area contributed by atoms with E-state index in [-0.39, 0.29) is 0 Å². The van der Waals surface area contributed by atoms with Crippen molar-refractivity contribution in [3.8, 4) is 33.4 Å². The molecule has 3 heteroatoms. The van der Waals surface area contributed by atoms with Crippen LogP contribution in [0.4, 0.5) is 17.1 Å². The Hall–Kier alpha value is -8.40. The molecule has 0 amide bonds. The van der Waals surface area contributed by atoms with Gasteiger partial charge in [0.25, 0.3) is 0 Å². The predicted octanol–water partition coefficient (Wildman–Crippen LogP) is 16.7.